The van der Waals surface area contributed by atoms with Gasteiger partial charge in [-0.2, -0.15) is 0 Å². The number of nitrogens with one attached hydrogen (secondary N) is 1. The Morgan fingerprint density at radius 3 is 2.63 bits per heavy atom. The molecule has 1 atom stereocenters. The van der Waals surface area contributed by atoms with Crippen LogP contribution in [0.25, 0.3) is 11.3 Å². The quantitative estimate of drug-likeness (QED) is 0.893. The maximum absolute atomic E-state index is 13.6. The Morgan fingerprint density at radius 2 is 2.05 bits per heavy atom. The molecule has 0 aliphatic heterocycles. The van der Waals surface area contributed by atoms with E-state index in [0.717, 1.165) is 6.07 Å². The minimum absolute atomic E-state index is 0.0312. The molecule has 0 fully saturated rings. The van der Waals surface area contributed by atoms with E-state index >= 15 is 0 Å². The Kier molecular flexibility index (Phi) is 3.95. The van der Waals surface area contributed by atoms with Crippen molar-refractivity contribution in [1.82, 2.24) is 9.97 Å². The molecule has 0 saturated carbocycles. The van der Waals surface area contributed by atoms with Crippen LogP contribution in [0.1, 0.15) is 25.6 Å². The molecule has 0 radical (unpaired) electrons. The summed E-state index contributed by atoms with van der Waals surface area (Å²) in [6.07, 6.45) is 1.50. The van der Waals surface area contributed by atoms with E-state index in [0.29, 0.717) is 11.5 Å². The van der Waals surface area contributed by atoms with Crippen LogP contribution < -0.4 is 0 Å². The van der Waals surface area contributed by atoms with Gasteiger partial charge < -0.3 is 10.1 Å². The van der Waals surface area contributed by atoms with Gasteiger partial charge >= 0.3 is 0 Å². The number of H-pyrrole nitrogens is 1. The fourth-order valence-corrected chi connectivity index (χ4v) is 1.98. The minimum atomic E-state index is -0.639. The van der Waals surface area contributed by atoms with Crippen LogP contribution in [0.15, 0.2) is 24.4 Å². The zero-order chi connectivity index (χ0) is 14.0. The average molecular weight is 266 g/mol. The van der Waals surface area contributed by atoms with E-state index < -0.39 is 11.6 Å². The number of aliphatic hydroxyl groups is 1. The van der Waals surface area contributed by atoms with Crippen molar-refractivity contribution in [2.45, 2.75) is 19.8 Å². The molecule has 5 heteroatoms. The highest BCUT2D eigenvalue weighted by molar-refractivity contribution is 5.59. The maximum atomic E-state index is 13.6. The number of nitrogens with zero attached hydrogens (tertiary/aromatic N) is 1. The van der Waals surface area contributed by atoms with Crippen molar-refractivity contribution < 1.29 is 13.9 Å². The normalized spacial score (nSPS) is 12.9. The van der Waals surface area contributed by atoms with Gasteiger partial charge in [0.1, 0.15) is 17.5 Å². The number of rotatable bonds is 4. The van der Waals surface area contributed by atoms with Gasteiger partial charge in [-0.3, -0.25) is 0 Å². The van der Waals surface area contributed by atoms with Gasteiger partial charge in [0.2, 0.25) is 0 Å². The van der Waals surface area contributed by atoms with Crippen LogP contribution in [0.2, 0.25) is 0 Å². The summed E-state index contributed by atoms with van der Waals surface area (Å²) >= 11 is 0. The molecule has 102 valence electrons. The third kappa shape index (κ3) is 2.81. The molecule has 0 spiro atoms. The molecule has 19 heavy (non-hydrogen) atoms. The van der Waals surface area contributed by atoms with Crippen molar-refractivity contribution >= 4 is 0 Å². The highest BCUT2D eigenvalue weighted by Gasteiger charge is 2.19. The summed E-state index contributed by atoms with van der Waals surface area (Å²) in [6.45, 7) is 3.92. The van der Waals surface area contributed by atoms with Crippen molar-refractivity contribution in [3.8, 4) is 11.3 Å². The van der Waals surface area contributed by atoms with Gasteiger partial charge in [0, 0.05) is 17.5 Å². The van der Waals surface area contributed by atoms with Crippen LogP contribution in [0.5, 0.6) is 0 Å². The van der Waals surface area contributed by atoms with Crippen LogP contribution in [0.4, 0.5) is 8.78 Å². The molecule has 2 N–H and O–H groups in total. The van der Waals surface area contributed by atoms with Crippen LogP contribution in [-0.2, 0) is 0 Å². The molecular weight excluding hydrogens is 250 g/mol. The lowest BCUT2D eigenvalue weighted by Crippen LogP contribution is -2.12. The standard InChI is InChI=1S/C14H16F2N2O/c1-8(2)11(7-19)14-17-6-13(18-14)10-4-3-9(15)5-12(10)16/h3-6,8,11,19H,7H2,1-2H3,(H,17,18). The number of hydrogen-bond donors (Lipinski definition) is 2. The Hall–Kier alpha value is -1.75. The first kappa shape index (κ1) is 13.7. The summed E-state index contributed by atoms with van der Waals surface area (Å²) in [4.78, 5) is 7.16. The topological polar surface area (TPSA) is 48.9 Å². The summed E-state index contributed by atoms with van der Waals surface area (Å²) in [7, 11) is 0. The number of aliphatic hydroxyl groups excluding tert-OH is 1. The Balaban J connectivity index is 2.35. The highest BCUT2D eigenvalue weighted by atomic mass is 19.1. The Bertz CT molecular complexity index is 566. The van der Waals surface area contributed by atoms with Gasteiger partial charge in [-0.1, -0.05) is 13.8 Å². The van der Waals surface area contributed by atoms with E-state index in [2.05, 4.69) is 9.97 Å². The van der Waals surface area contributed by atoms with E-state index in [9.17, 15) is 13.9 Å². The third-order valence-corrected chi connectivity index (χ3v) is 3.17. The third-order valence-electron chi connectivity index (χ3n) is 3.17. The molecule has 0 saturated heterocycles. The maximum Gasteiger partial charge on any atom is 0.135 e. The molecule has 1 aromatic carbocycles. The Labute approximate surface area is 110 Å². The van der Waals surface area contributed by atoms with E-state index in [1.54, 1.807) is 0 Å². The molecular formula is C14H16F2N2O. The van der Waals surface area contributed by atoms with Gasteiger partial charge in [-0.25, -0.2) is 13.8 Å². The van der Waals surface area contributed by atoms with Crippen molar-refractivity contribution in [3.05, 3.63) is 41.9 Å². The lowest BCUT2D eigenvalue weighted by molar-refractivity contribution is 0.232. The van der Waals surface area contributed by atoms with Crippen LogP contribution in [0, 0.1) is 17.6 Å². The van der Waals surface area contributed by atoms with Gasteiger partial charge in [-0.15, -0.1) is 0 Å². The van der Waals surface area contributed by atoms with Crippen LogP contribution >= 0.6 is 0 Å². The first-order valence-corrected chi connectivity index (χ1v) is 6.14. The average Bonchev–Trinajstić information content (AvgIpc) is 2.78. The fraction of sp³-hybridized carbons (Fsp3) is 0.357. The first-order chi connectivity index (χ1) is 9.02. The number of aromatic amines is 1. The van der Waals surface area contributed by atoms with E-state index in [-0.39, 0.29) is 24.0 Å². The second-order valence-corrected chi connectivity index (χ2v) is 4.84. The van der Waals surface area contributed by atoms with Crippen LogP contribution in [-0.4, -0.2) is 21.7 Å². The molecule has 0 aliphatic carbocycles. The van der Waals surface area contributed by atoms with Crippen molar-refractivity contribution in [3.63, 3.8) is 0 Å². The molecule has 1 heterocycles. The van der Waals surface area contributed by atoms with Gasteiger partial charge in [0.25, 0.3) is 0 Å². The molecule has 0 amide bonds. The van der Waals surface area contributed by atoms with Crippen molar-refractivity contribution in [2.24, 2.45) is 5.92 Å². The lowest BCUT2D eigenvalue weighted by atomic mass is 9.96. The summed E-state index contributed by atoms with van der Waals surface area (Å²) in [5, 5.41) is 9.34. The number of aromatic nitrogens is 2. The molecule has 2 rings (SSSR count). The predicted octanol–water partition coefficient (Wildman–Crippen LogP) is 3.09. The molecule has 3 nitrogen and oxygen atoms in total. The molecule has 2 aromatic rings. The molecule has 1 unspecified atom stereocenters. The molecule has 0 bridgehead atoms. The summed E-state index contributed by atoms with van der Waals surface area (Å²) in [5.74, 6) is -0.563. The van der Waals surface area contributed by atoms with E-state index in [4.69, 9.17) is 0 Å². The zero-order valence-corrected chi connectivity index (χ0v) is 10.8. The number of hydrogen-bond acceptors (Lipinski definition) is 2. The van der Waals surface area contributed by atoms with Gasteiger partial charge in [0.15, 0.2) is 0 Å². The molecule has 1 aromatic heterocycles. The summed E-state index contributed by atoms with van der Waals surface area (Å²) in [6, 6.07) is 3.40. The van der Waals surface area contributed by atoms with Crippen molar-refractivity contribution in [2.75, 3.05) is 6.61 Å². The van der Waals surface area contributed by atoms with Crippen LogP contribution in [0.3, 0.4) is 0 Å². The summed E-state index contributed by atoms with van der Waals surface area (Å²) in [5.41, 5.74) is 0.743. The lowest BCUT2D eigenvalue weighted by Gasteiger charge is -2.15. The monoisotopic (exact) mass is 266 g/mol. The number of imidazole rings is 1. The summed E-state index contributed by atoms with van der Waals surface area (Å²) < 4.78 is 26.5. The Morgan fingerprint density at radius 1 is 1.32 bits per heavy atom. The predicted molar refractivity (Wildman–Crippen MR) is 68.6 cm³/mol. The second-order valence-electron chi connectivity index (χ2n) is 4.84. The largest absolute Gasteiger partial charge is 0.396 e. The SMILES string of the molecule is CC(C)C(CO)c1ncc(-c2ccc(F)cc2F)[nH]1. The van der Waals surface area contributed by atoms with E-state index in [1.165, 1.54) is 18.3 Å². The molecule has 0 aliphatic rings. The highest BCUT2D eigenvalue weighted by Crippen LogP contribution is 2.26. The van der Waals surface area contributed by atoms with Gasteiger partial charge in [0.05, 0.1) is 18.5 Å². The second kappa shape index (κ2) is 5.48. The zero-order valence-electron chi connectivity index (χ0n) is 10.8. The van der Waals surface area contributed by atoms with E-state index in [1.807, 2.05) is 13.8 Å². The van der Waals surface area contributed by atoms with Gasteiger partial charge in [-0.05, 0) is 18.1 Å². The minimum Gasteiger partial charge on any atom is -0.396 e. The van der Waals surface area contributed by atoms with Crippen molar-refractivity contribution in [1.29, 1.82) is 0 Å². The number of halogens is 2. The first-order valence-electron chi connectivity index (χ1n) is 6.14. The smallest absolute Gasteiger partial charge is 0.135 e. The fourth-order valence-electron chi connectivity index (χ4n) is 1.98. The number of benzene rings is 1.